The summed E-state index contributed by atoms with van der Waals surface area (Å²) in [6, 6.07) is 0. The summed E-state index contributed by atoms with van der Waals surface area (Å²) in [5.74, 6) is 6.30. The Hall–Kier alpha value is -1.17. The molecular weight excluding hydrogens is 190 g/mol. The number of nitrogens with zero attached hydrogens (tertiary/aromatic N) is 1. The predicted molar refractivity (Wildman–Crippen MR) is 59.4 cm³/mol. The van der Waals surface area contributed by atoms with Gasteiger partial charge < -0.3 is 9.64 Å². The second-order valence-corrected chi connectivity index (χ2v) is 4.81. The van der Waals surface area contributed by atoms with Crippen LogP contribution in [0.2, 0.25) is 0 Å². The first-order valence-corrected chi connectivity index (χ1v) is 5.32. The average molecular weight is 209 g/mol. The van der Waals surface area contributed by atoms with Crippen LogP contribution in [0.4, 0.5) is 4.79 Å². The fourth-order valence-corrected chi connectivity index (χ4v) is 1.57. The molecule has 0 N–H and O–H groups in total. The van der Waals surface area contributed by atoms with Crippen LogP contribution in [0, 0.1) is 17.8 Å². The molecule has 1 aliphatic heterocycles. The van der Waals surface area contributed by atoms with Crippen LogP contribution in [0.15, 0.2) is 0 Å². The Balaban J connectivity index is 2.46. The van der Waals surface area contributed by atoms with Crippen LogP contribution in [-0.4, -0.2) is 29.7 Å². The third-order valence-corrected chi connectivity index (χ3v) is 2.19. The highest BCUT2D eigenvalue weighted by Crippen LogP contribution is 2.18. The highest BCUT2D eigenvalue weighted by molar-refractivity contribution is 5.68. The SMILES string of the molecule is CC#C[C@@H]1CCN(C(=O)OC(C)(C)C)C1. The van der Waals surface area contributed by atoms with E-state index in [0.29, 0.717) is 12.5 Å². The van der Waals surface area contributed by atoms with Crippen molar-refractivity contribution in [3.8, 4) is 11.8 Å². The summed E-state index contributed by atoms with van der Waals surface area (Å²) in [4.78, 5) is 13.4. The Morgan fingerprint density at radius 3 is 2.67 bits per heavy atom. The van der Waals surface area contributed by atoms with Crippen molar-refractivity contribution in [2.75, 3.05) is 13.1 Å². The van der Waals surface area contributed by atoms with Crippen molar-refractivity contribution in [3.63, 3.8) is 0 Å². The van der Waals surface area contributed by atoms with Gasteiger partial charge in [0.15, 0.2) is 0 Å². The molecule has 3 heteroatoms. The van der Waals surface area contributed by atoms with Crippen molar-refractivity contribution < 1.29 is 9.53 Å². The van der Waals surface area contributed by atoms with Gasteiger partial charge in [-0.25, -0.2) is 4.79 Å². The molecule has 1 atom stereocenters. The zero-order valence-electron chi connectivity index (χ0n) is 9.96. The third-order valence-electron chi connectivity index (χ3n) is 2.19. The normalized spacial score (nSPS) is 20.8. The Labute approximate surface area is 91.8 Å². The fourth-order valence-electron chi connectivity index (χ4n) is 1.57. The molecule has 1 heterocycles. The molecule has 1 amide bonds. The molecule has 0 aliphatic carbocycles. The lowest BCUT2D eigenvalue weighted by Crippen LogP contribution is -2.35. The molecule has 0 aromatic heterocycles. The minimum atomic E-state index is -0.411. The highest BCUT2D eigenvalue weighted by Gasteiger charge is 2.28. The largest absolute Gasteiger partial charge is 0.444 e. The van der Waals surface area contributed by atoms with Gasteiger partial charge in [-0.15, -0.1) is 5.92 Å². The van der Waals surface area contributed by atoms with Gasteiger partial charge in [-0.3, -0.25) is 0 Å². The molecule has 3 nitrogen and oxygen atoms in total. The summed E-state index contributed by atoms with van der Waals surface area (Å²) < 4.78 is 5.29. The number of rotatable bonds is 0. The first-order valence-electron chi connectivity index (χ1n) is 5.32. The van der Waals surface area contributed by atoms with E-state index in [2.05, 4.69) is 11.8 Å². The van der Waals surface area contributed by atoms with Crippen molar-refractivity contribution in [2.24, 2.45) is 5.92 Å². The molecule has 0 bridgehead atoms. The third kappa shape index (κ3) is 3.83. The van der Waals surface area contributed by atoms with E-state index >= 15 is 0 Å². The van der Waals surface area contributed by atoms with Gasteiger partial charge in [0.25, 0.3) is 0 Å². The van der Waals surface area contributed by atoms with E-state index in [4.69, 9.17) is 4.74 Å². The van der Waals surface area contributed by atoms with E-state index in [9.17, 15) is 4.79 Å². The van der Waals surface area contributed by atoms with E-state index in [1.165, 1.54) is 0 Å². The molecular formula is C12H19NO2. The van der Waals surface area contributed by atoms with E-state index < -0.39 is 5.60 Å². The van der Waals surface area contributed by atoms with Crippen molar-refractivity contribution in [1.29, 1.82) is 0 Å². The zero-order valence-corrected chi connectivity index (χ0v) is 9.96. The minimum Gasteiger partial charge on any atom is -0.444 e. The Bertz CT molecular complexity index is 293. The number of amides is 1. The first kappa shape index (κ1) is 11.9. The topological polar surface area (TPSA) is 29.5 Å². The van der Waals surface area contributed by atoms with E-state index in [1.54, 1.807) is 4.90 Å². The zero-order chi connectivity index (χ0) is 11.5. The molecule has 1 aliphatic rings. The maximum atomic E-state index is 11.7. The van der Waals surface area contributed by atoms with E-state index in [0.717, 1.165) is 13.0 Å². The van der Waals surface area contributed by atoms with Gasteiger partial charge in [-0.05, 0) is 34.1 Å². The van der Waals surface area contributed by atoms with Crippen LogP contribution in [0.3, 0.4) is 0 Å². The van der Waals surface area contributed by atoms with Gasteiger partial charge in [0, 0.05) is 19.0 Å². The lowest BCUT2D eigenvalue weighted by Gasteiger charge is -2.24. The second kappa shape index (κ2) is 4.57. The summed E-state index contributed by atoms with van der Waals surface area (Å²) in [5, 5.41) is 0. The van der Waals surface area contributed by atoms with Gasteiger partial charge in [0.2, 0.25) is 0 Å². The molecule has 0 spiro atoms. The molecule has 0 saturated carbocycles. The average Bonchev–Trinajstić information content (AvgIpc) is 2.50. The lowest BCUT2D eigenvalue weighted by atomic mass is 10.1. The van der Waals surface area contributed by atoms with Crippen LogP contribution in [-0.2, 0) is 4.74 Å². The quantitative estimate of drug-likeness (QED) is 0.573. The standard InChI is InChI=1S/C12H19NO2/c1-5-6-10-7-8-13(9-10)11(14)15-12(2,3)4/h10H,7-9H2,1-4H3/t10-/m1/s1. The summed E-state index contributed by atoms with van der Waals surface area (Å²) in [5.41, 5.74) is -0.411. The molecule has 0 radical (unpaired) electrons. The van der Waals surface area contributed by atoms with Crippen molar-refractivity contribution in [2.45, 2.75) is 39.7 Å². The number of hydrogen-bond donors (Lipinski definition) is 0. The maximum absolute atomic E-state index is 11.7. The Morgan fingerprint density at radius 1 is 1.47 bits per heavy atom. The van der Waals surface area contributed by atoms with Crippen molar-refractivity contribution in [3.05, 3.63) is 0 Å². The minimum absolute atomic E-state index is 0.220. The van der Waals surface area contributed by atoms with Crippen molar-refractivity contribution in [1.82, 2.24) is 4.90 Å². The Kier molecular flexibility index (Phi) is 3.62. The molecule has 15 heavy (non-hydrogen) atoms. The Morgan fingerprint density at radius 2 is 2.13 bits per heavy atom. The smallest absolute Gasteiger partial charge is 0.410 e. The molecule has 84 valence electrons. The van der Waals surface area contributed by atoms with Gasteiger partial charge >= 0.3 is 6.09 Å². The molecule has 1 fully saturated rings. The molecule has 1 rings (SSSR count). The fraction of sp³-hybridized carbons (Fsp3) is 0.750. The highest BCUT2D eigenvalue weighted by atomic mass is 16.6. The van der Waals surface area contributed by atoms with Crippen LogP contribution < -0.4 is 0 Å². The van der Waals surface area contributed by atoms with Crippen molar-refractivity contribution >= 4 is 6.09 Å². The molecule has 1 saturated heterocycles. The molecule has 0 aromatic rings. The van der Waals surface area contributed by atoms with Gasteiger partial charge in [-0.2, -0.15) is 0 Å². The van der Waals surface area contributed by atoms with Crippen LogP contribution in [0.25, 0.3) is 0 Å². The van der Waals surface area contributed by atoms with Crippen LogP contribution in [0.5, 0.6) is 0 Å². The maximum Gasteiger partial charge on any atom is 0.410 e. The number of carbonyl (C=O) groups is 1. The lowest BCUT2D eigenvalue weighted by molar-refractivity contribution is 0.0291. The number of likely N-dealkylation sites (tertiary alicyclic amines) is 1. The predicted octanol–water partition coefficient (Wildman–Crippen LogP) is 2.27. The van der Waals surface area contributed by atoms with E-state index in [-0.39, 0.29) is 6.09 Å². The molecule has 0 aromatic carbocycles. The number of ether oxygens (including phenoxy) is 1. The first-order chi connectivity index (χ1) is 6.92. The summed E-state index contributed by atoms with van der Waals surface area (Å²) in [6.07, 6.45) is 0.739. The second-order valence-electron chi connectivity index (χ2n) is 4.81. The number of carbonyl (C=O) groups excluding carboxylic acids is 1. The summed E-state index contributed by atoms with van der Waals surface area (Å²) >= 11 is 0. The van der Waals surface area contributed by atoms with Gasteiger partial charge in [0.05, 0.1) is 0 Å². The summed E-state index contributed by atoms with van der Waals surface area (Å²) in [7, 11) is 0. The van der Waals surface area contributed by atoms with Gasteiger partial charge in [-0.1, -0.05) is 5.92 Å². The van der Waals surface area contributed by atoms with Crippen LogP contribution in [0.1, 0.15) is 34.1 Å². The van der Waals surface area contributed by atoms with E-state index in [1.807, 2.05) is 27.7 Å². The monoisotopic (exact) mass is 209 g/mol. The van der Waals surface area contributed by atoms with Crippen LogP contribution >= 0.6 is 0 Å². The molecule has 0 unspecified atom stereocenters. The number of hydrogen-bond acceptors (Lipinski definition) is 2. The van der Waals surface area contributed by atoms with Gasteiger partial charge in [0.1, 0.15) is 5.60 Å². The summed E-state index contributed by atoms with van der Waals surface area (Å²) in [6.45, 7) is 8.93.